The number of carbonyl (C=O) groups is 1. The third-order valence-corrected chi connectivity index (χ3v) is 2.64. The second-order valence-electron chi connectivity index (χ2n) is 3.97. The smallest absolute Gasteiger partial charge is 0.340 e. The van der Waals surface area contributed by atoms with Gasteiger partial charge in [0.25, 0.3) is 0 Å². The first-order valence-corrected chi connectivity index (χ1v) is 5.60. The van der Waals surface area contributed by atoms with Gasteiger partial charge in [-0.05, 0) is 29.3 Å². The van der Waals surface area contributed by atoms with E-state index in [0.29, 0.717) is 5.56 Å². The minimum absolute atomic E-state index is 0.127. The lowest BCUT2D eigenvalue weighted by atomic mass is 10.1. The van der Waals surface area contributed by atoms with Gasteiger partial charge in [-0.15, -0.1) is 0 Å². The Morgan fingerprint density at radius 3 is 2.26 bits per heavy atom. The first-order chi connectivity index (χ1) is 9.08. The summed E-state index contributed by atoms with van der Waals surface area (Å²) in [6.45, 7) is 0. The van der Waals surface area contributed by atoms with E-state index in [4.69, 9.17) is 10.2 Å². The predicted molar refractivity (Wildman–Crippen MR) is 72.1 cm³/mol. The number of hydrogen-bond donors (Lipinski definition) is 3. The van der Waals surface area contributed by atoms with Crippen LogP contribution in [0.3, 0.4) is 0 Å². The fraction of sp³-hybridized carbons (Fsp3) is 0. The lowest BCUT2D eigenvalue weighted by molar-refractivity contribution is 0.0693. The second-order valence-corrected chi connectivity index (χ2v) is 3.97. The zero-order chi connectivity index (χ0) is 13.8. The number of aromatic hydroxyl groups is 2. The minimum atomic E-state index is -1.18. The SMILES string of the molecule is O=C(O)c1c(O)cccc1/C=C/[13c]1[13cH][13cH][13c](O)[13cH][13cH]1. The zero-order valence-corrected chi connectivity index (χ0v) is 9.95. The second kappa shape index (κ2) is 5.27. The van der Waals surface area contributed by atoms with Gasteiger partial charge in [-0.3, -0.25) is 0 Å². The first-order valence-electron chi connectivity index (χ1n) is 5.60. The predicted octanol–water partition coefficient (Wildman–Crippen LogP) is 2.97. The van der Waals surface area contributed by atoms with Crippen molar-refractivity contribution in [2.45, 2.75) is 0 Å². The number of carboxylic acids is 1. The van der Waals surface area contributed by atoms with Crippen LogP contribution < -0.4 is 0 Å². The number of rotatable bonds is 3. The molecule has 0 aliphatic rings. The van der Waals surface area contributed by atoms with Gasteiger partial charge in [0.1, 0.15) is 17.1 Å². The molecule has 0 atom stereocenters. The Kier molecular flexibility index (Phi) is 3.52. The van der Waals surface area contributed by atoms with Crippen LogP contribution in [0.5, 0.6) is 11.5 Å². The lowest BCUT2D eigenvalue weighted by Crippen LogP contribution is -1.99. The first kappa shape index (κ1) is 12.7. The Labute approximate surface area is 109 Å². The molecule has 0 aliphatic carbocycles. The van der Waals surface area contributed by atoms with Crippen LogP contribution in [0.2, 0.25) is 0 Å². The summed E-state index contributed by atoms with van der Waals surface area (Å²) in [5.74, 6) is -1.27. The van der Waals surface area contributed by atoms with Crippen LogP contribution in [-0.2, 0) is 0 Å². The van der Waals surface area contributed by atoms with Crippen LogP contribution in [0.4, 0.5) is 0 Å². The summed E-state index contributed by atoms with van der Waals surface area (Å²) in [7, 11) is 0. The van der Waals surface area contributed by atoms with Crippen LogP contribution >= 0.6 is 0 Å². The number of phenols is 2. The molecule has 0 unspecified atom stereocenters. The highest BCUT2D eigenvalue weighted by atomic mass is 16.4. The molecule has 96 valence electrons. The third kappa shape index (κ3) is 2.93. The molecule has 0 aliphatic heterocycles. The molecule has 2 rings (SSSR count). The van der Waals surface area contributed by atoms with Crippen LogP contribution in [0.1, 0.15) is 21.5 Å². The van der Waals surface area contributed by atoms with Crippen LogP contribution in [0.15, 0.2) is 42.5 Å². The normalized spacial score (nSPS) is 10.7. The summed E-state index contributed by atoms with van der Waals surface area (Å²) in [5.41, 5.74) is 1.11. The Hall–Kier alpha value is -2.75. The zero-order valence-electron chi connectivity index (χ0n) is 9.95. The van der Waals surface area contributed by atoms with Gasteiger partial charge < -0.3 is 15.3 Å². The Morgan fingerprint density at radius 1 is 0.947 bits per heavy atom. The maximum absolute atomic E-state index is 11.1. The third-order valence-electron chi connectivity index (χ3n) is 2.64. The van der Waals surface area contributed by atoms with Crippen molar-refractivity contribution >= 4 is 18.1 Å². The van der Waals surface area contributed by atoms with Crippen LogP contribution in [-0.4, -0.2) is 21.3 Å². The van der Waals surface area contributed by atoms with Gasteiger partial charge in [-0.25, -0.2) is 4.79 Å². The topological polar surface area (TPSA) is 77.8 Å². The highest BCUT2D eigenvalue weighted by molar-refractivity contribution is 5.96. The monoisotopic (exact) mass is 262 g/mol. The molecule has 0 saturated heterocycles. The molecule has 4 nitrogen and oxygen atoms in total. The summed E-state index contributed by atoms with van der Waals surface area (Å²) in [5, 5.41) is 27.8. The van der Waals surface area contributed by atoms with Gasteiger partial charge in [0.15, 0.2) is 0 Å². The molecule has 0 bridgehead atoms. The van der Waals surface area contributed by atoms with E-state index in [0.717, 1.165) is 5.56 Å². The molecular formula is C15H12O4. The Morgan fingerprint density at radius 2 is 1.63 bits per heavy atom. The maximum atomic E-state index is 11.1. The quantitative estimate of drug-likeness (QED) is 0.743. The number of phenolic OH excluding ortho intramolecular Hbond substituents is 1. The van der Waals surface area contributed by atoms with E-state index in [9.17, 15) is 9.90 Å². The summed E-state index contributed by atoms with van der Waals surface area (Å²) in [6, 6.07) is 11.0. The molecule has 3 N–H and O–H groups in total. The molecule has 0 saturated carbocycles. The van der Waals surface area contributed by atoms with Crippen molar-refractivity contribution in [3.8, 4) is 11.5 Å². The number of benzene rings is 2. The fourth-order valence-corrected chi connectivity index (χ4v) is 1.70. The molecule has 0 radical (unpaired) electrons. The van der Waals surface area contributed by atoms with Gasteiger partial charge >= 0.3 is 5.97 Å². The lowest BCUT2D eigenvalue weighted by Gasteiger charge is -2.03. The summed E-state index contributed by atoms with van der Waals surface area (Å²) in [4.78, 5) is 11.1. The minimum Gasteiger partial charge on any atom is -0.508 e. The summed E-state index contributed by atoms with van der Waals surface area (Å²) >= 11 is 0. The molecule has 2 aromatic rings. The van der Waals surface area contributed by atoms with E-state index in [1.807, 2.05) is 0 Å². The molecule has 0 amide bonds. The summed E-state index contributed by atoms with van der Waals surface area (Å²) in [6.07, 6.45) is 3.32. The van der Waals surface area contributed by atoms with E-state index < -0.39 is 5.97 Å². The van der Waals surface area contributed by atoms with Gasteiger partial charge in [0, 0.05) is 0 Å². The van der Waals surface area contributed by atoms with Gasteiger partial charge in [0.2, 0.25) is 0 Å². The number of aromatic carboxylic acids is 1. The largest absolute Gasteiger partial charge is 0.508 e. The van der Waals surface area contributed by atoms with E-state index in [-0.39, 0.29) is 17.1 Å². The van der Waals surface area contributed by atoms with Crippen molar-refractivity contribution in [1.29, 1.82) is 0 Å². The number of carboxylic acid groups (broad SMARTS) is 1. The Bertz CT molecular complexity index is 627. The van der Waals surface area contributed by atoms with E-state index in [1.165, 1.54) is 6.07 Å². The average Bonchev–Trinajstić information content (AvgIpc) is 2.37. The van der Waals surface area contributed by atoms with Gasteiger partial charge in [-0.1, -0.05) is 36.4 Å². The number of hydrogen-bond acceptors (Lipinski definition) is 3. The van der Waals surface area contributed by atoms with Crippen molar-refractivity contribution in [2.24, 2.45) is 0 Å². The van der Waals surface area contributed by atoms with Crippen molar-refractivity contribution in [2.75, 3.05) is 0 Å². The molecular weight excluding hydrogens is 250 g/mol. The standard InChI is InChI=1S/C15H12O4/c16-12-8-5-10(6-9-12)4-7-11-2-1-3-13(17)14(11)15(18)19/h1-9,16-17H,(H,18,19)/b7-4+/i5+1,6+1,8+1,9+1,10+1,12+1. The molecule has 0 spiro atoms. The maximum Gasteiger partial charge on any atom is 0.340 e. The van der Waals surface area contributed by atoms with E-state index in [1.54, 1.807) is 48.6 Å². The fourth-order valence-electron chi connectivity index (χ4n) is 1.70. The van der Waals surface area contributed by atoms with Crippen LogP contribution in [0.25, 0.3) is 12.2 Å². The molecule has 19 heavy (non-hydrogen) atoms. The van der Waals surface area contributed by atoms with Gasteiger partial charge in [-0.2, -0.15) is 0 Å². The van der Waals surface area contributed by atoms with E-state index >= 15 is 0 Å². The van der Waals surface area contributed by atoms with Crippen molar-refractivity contribution < 1.29 is 20.1 Å². The highest BCUT2D eigenvalue weighted by Gasteiger charge is 2.12. The molecule has 0 heterocycles. The van der Waals surface area contributed by atoms with Gasteiger partial charge in [0.05, 0.1) is 0 Å². The van der Waals surface area contributed by atoms with Crippen molar-refractivity contribution in [3.05, 3.63) is 59.2 Å². The molecule has 4 heteroatoms. The molecule has 2 aromatic carbocycles. The van der Waals surface area contributed by atoms with Crippen molar-refractivity contribution in [3.63, 3.8) is 0 Å². The van der Waals surface area contributed by atoms with E-state index in [2.05, 4.69) is 0 Å². The molecule has 0 aromatic heterocycles. The van der Waals surface area contributed by atoms with Crippen molar-refractivity contribution in [1.82, 2.24) is 0 Å². The average molecular weight is 262 g/mol. The highest BCUT2D eigenvalue weighted by Crippen LogP contribution is 2.23. The molecule has 0 fully saturated rings. The summed E-state index contributed by atoms with van der Waals surface area (Å²) < 4.78 is 0. The Balaban J connectivity index is 2.36. The van der Waals surface area contributed by atoms with Crippen LogP contribution in [0, 0.1) is 0 Å².